The maximum absolute atomic E-state index is 4.66. The Morgan fingerprint density at radius 3 is 3.06 bits per heavy atom. The van der Waals surface area contributed by atoms with Crippen LogP contribution in [0.5, 0.6) is 0 Å². The fraction of sp³-hybridized carbons (Fsp3) is 0.769. The lowest BCUT2D eigenvalue weighted by Crippen LogP contribution is -2.39. The first kappa shape index (κ1) is 13.0. The molecule has 96 valence electrons. The molecule has 1 fully saturated rings. The number of nitrogens with zero attached hydrogens (tertiary/aromatic N) is 2. The molecule has 2 heterocycles. The predicted molar refractivity (Wildman–Crippen MR) is 73.2 cm³/mol. The predicted octanol–water partition coefficient (Wildman–Crippen LogP) is 2.48. The molecular formula is C13H23N3S. The smallest absolute Gasteiger partial charge is 0.107 e. The van der Waals surface area contributed by atoms with Crippen molar-refractivity contribution in [2.24, 2.45) is 5.41 Å². The fourth-order valence-electron chi connectivity index (χ4n) is 2.56. The van der Waals surface area contributed by atoms with Crippen molar-refractivity contribution in [3.63, 3.8) is 0 Å². The molecule has 0 bridgehead atoms. The number of thiazole rings is 1. The van der Waals surface area contributed by atoms with Gasteiger partial charge in [0.25, 0.3) is 0 Å². The van der Waals surface area contributed by atoms with Gasteiger partial charge in [0.2, 0.25) is 0 Å². The zero-order valence-corrected chi connectivity index (χ0v) is 11.9. The van der Waals surface area contributed by atoms with Gasteiger partial charge in [-0.25, -0.2) is 4.98 Å². The van der Waals surface area contributed by atoms with E-state index in [1.165, 1.54) is 36.6 Å². The van der Waals surface area contributed by atoms with Gasteiger partial charge in [0.05, 0.1) is 5.69 Å². The number of piperidine rings is 1. The van der Waals surface area contributed by atoms with Crippen molar-refractivity contribution in [1.29, 1.82) is 0 Å². The summed E-state index contributed by atoms with van der Waals surface area (Å²) in [5.41, 5.74) is 1.71. The summed E-state index contributed by atoms with van der Waals surface area (Å²) in [6.07, 6.45) is 2.67. The molecule has 1 saturated heterocycles. The van der Waals surface area contributed by atoms with Crippen LogP contribution in [0.1, 0.15) is 37.4 Å². The van der Waals surface area contributed by atoms with Crippen LogP contribution in [0, 0.1) is 5.41 Å². The topological polar surface area (TPSA) is 28.2 Å². The molecule has 0 saturated carbocycles. The molecule has 1 aromatic heterocycles. The lowest BCUT2D eigenvalue weighted by molar-refractivity contribution is 0.110. The summed E-state index contributed by atoms with van der Waals surface area (Å²) >= 11 is 1.76. The van der Waals surface area contributed by atoms with Crippen LogP contribution in [0.2, 0.25) is 0 Å². The Kier molecular flexibility index (Phi) is 4.17. The largest absolute Gasteiger partial charge is 0.314 e. The number of hydrogen-bond donors (Lipinski definition) is 1. The van der Waals surface area contributed by atoms with Gasteiger partial charge in [-0.15, -0.1) is 11.3 Å². The molecule has 0 radical (unpaired) electrons. The molecule has 1 aliphatic rings. The summed E-state index contributed by atoms with van der Waals surface area (Å²) in [5.74, 6) is 0. The van der Waals surface area contributed by atoms with Crippen LogP contribution >= 0.6 is 11.3 Å². The van der Waals surface area contributed by atoms with Crippen molar-refractivity contribution >= 4 is 11.3 Å². The molecule has 0 spiro atoms. The first-order valence-corrected chi connectivity index (χ1v) is 7.27. The van der Waals surface area contributed by atoms with Gasteiger partial charge in [0.1, 0.15) is 5.01 Å². The van der Waals surface area contributed by atoms with E-state index in [1.807, 2.05) is 7.05 Å². The monoisotopic (exact) mass is 253 g/mol. The van der Waals surface area contributed by atoms with Crippen LogP contribution < -0.4 is 5.32 Å². The third-order valence-electron chi connectivity index (χ3n) is 3.29. The maximum Gasteiger partial charge on any atom is 0.107 e. The highest BCUT2D eigenvalue weighted by molar-refractivity contribution is 7.09. The Balaban J connectivity index is 1.91. The second kappa shape index (κ2) is 5.46. The van der Waals surface area contributed by atoms with E-state index in [9.17, 15) is 0 Å². The van der Waals surface area contributed by atoms with Crippen LogP contribution in [0.3, 0.4) is 0 Å². The van der Waals surface area contributed by atoms with Gasteiger partial charge < -0.3 is 5.32 Å². The van der Waals surface area contributed by atoms with Gasteiger partial charge in [0.15, 0.2) is 0 Å². The van der Waals surface area contributed by atoms with Crippen molar-refractivity contribution in [3.8, 4) is 0 Å². The van der Waals surface area contributed by atoms with E-state index in [-0.39, 0.29) is 0 Å². The van der Waals surface area contributed by atoms with Crippen LogP contribution in [0.15, 0.2) is 5.38 Å². The van der Waals surface area contributed by atoms with E-state index in [2.05, 4.69) is 34.4 Å². The molecule has 17 heavy (non-hydrogen) atoms. The minimum absolute atomic E-state index is 0.474. The van der Waals surface area contributed by atoms with Gasteiger partial charge in [0, 0.05) is 25.0 Å². The van der Waals surface area contributed by atoms with Crippen molar-refractivity contribution < 1.29 is 0 Å². The number of hydrogen-bond acceptors (Lipinski definition) is 4. The lowest BCUT2D eigenvalue weighted by Gasteiger charge is -2.37. The first-order chi connectivity index (χ1) is 8.09. The normalized spacial score (nSPS) is 20.6. The molecule has 0 aliphatic carbocycles. The Hall–Kier alpha value is -0.450. The Labute approximate surface area is 108 Å². The molecule has 1 aromatic rings. The quantitative estimate of drug-likeness (QED) is 0.893. The average Bonchev–Trinajstić information content (AvgIpc) is 2.64. The fourth-order valence-corrected chi connectivity index (χ4v) is 3.36. The second-order valence-electron chi connectivity index (χ2n) is 5.74. The summed E-state index contributed by atoms with van der Waals surface area (Å²) in [5, 5.41) is 6.54. The van der Waals surface area contributed by atoms with Gasteiger partial charge in [-0.1, -0.05) is 13.8 Å². The van der Waals surface area contributed by atoms with E-state index in [0.29, 0.717) is 5.41 Å². The Morgan fingerprint density at radius 2 is 2.35 bits per heavy atom. The summed E-state index contributed by atoms with van der Waals surface area (Å²) in [7, 11) is 1.97. The Bertz CT molecular complexity index is 359. The van der Waals surface area contributed by atoms with Gasteiger partial charge in [-0.05, 0) is 31.8 Å². The van der Waals surface area contributed by atoms with Gasteiger partial charge in [-0.2, -0.15) is 0 Å². The molecule has 0 aromatic carbocycles. The minimum Gasteiger partial charge on any atom is -0.314 e. The highest BCUT2D eigenvalue weighted by Gasteiger charge is 2.26. The van der Waals surface area contributed by atoms with Crippen LogP contribution in [0.25, 0.3) is 0 Å². The van der Waals surface area contributed by atoms with E-state index in [1.54, 1.807) is 11.3 Å². The summed E-state index contributed by atoms with van der Waals surface area (Å²) in [6, 6.07) is 0. The number of aromatic nitrogens is 1. The highest BCUT2D eigenvalue weighted by Crippen LogP contribution is 2.29. The molecule has 2 rings (SSSR count). The summed E-state index contributed by atoms with van der Waals surface area (Å²) in [6.45, 7) is 9.06. The standard InChI is InChI=1S/C13H23N3S/c1-13(2)5-4-6-16(10-13)8-11-9-17-12(15-11)7-14-3/h9,14H,4-8,10H2,1-3H3. The third-order valence-corrected chi connectivity index (χ3v) is 4.19. The SMILES string of the molecule is CNCc1nc(CN2CCCC(C)(C)C2)cs1. The van der Waals surface area contributed by atoms with Crippen LogP contribution in [-0.4, -0.2) is 30.0 Å². The molecule has 1 aliphatic heterocycles. The van der Waals surface area contributed by atoms with Crippen LogP contribution in [0.4, 0.5) is 0 Å². The van der Waals surface area contributed by atoms with Crippen molar-refractivity contribution in [2.45, 2.75) is 39.8 Å². The van der Waals surface area contributed by atoms with E-state index >= 15 is 0 Å². The highest BCUT2D eigenvalue weighted by atomic mass is 32.1. The van der Waals surface area contributed by atoms with Crippen molar-refractivity contribution in [1.82, 2.24) is 15.2 Å². The van der Waals surface area contributed by atoms with E-state index < -0.39 is 0 Å². The van der Waals surface area contributed by atoms with E-state index in [0.717, 1.165) is 13.1 Å². The molecule has 1 N–H and O–H groups in total. The number of rotatable bonds is 4. The zero-order valence-electron chi connectivity index (χ0n) is 11.1. The summed E-state index contributed by atoms with van der Waals surface area (Å²) < 4.78 is 0. The van der Waals surface area contributed by atoms with Crippen molar-refractivity contribution in [3.05, 3.63) is 16.1 Å². The third kappa shape index (κ3) is 3.76. The van der Waals surface area contributed by atoms with Crippen LogP contribution in [-0.2, 0) is 13.1 Å². The zero-order chi connectivity index (χ0) is 12.3. The number of likely N-dealkylation sites (tertiary alicyclic amines) is 1. The first-order valence-electron chi connectivity index (χ1n) is 6.39. The average molecular weight is 253 g/mol. The molecule has 0 unspecified atom stereocenters. The molecule has 0 atom stereocenters. The lowest BCUT2D eigenvalue weighted by atomic mass is 9.84. The van der Waals surface area contributed by atoms with Gasteiger partial charge in [-0.3, -0.25) is 4.90 Å². The second-order valence-corrected chi connectivity index (χ2v) is 6.68. The van der Waals surface area contributed by atoms with Crippen molar-refractivity contribution in [2.75, 3.05) is 20.1 Å². The van der Waals surface area contributed by atoms with E-state index in [4.69, 9.17) is 0 Å². The molecular weight excluding hydrogens is 230 g/mol. The summed E-state index contributed by atoms with van der Waals surface area (Å²) in [4.78, 5) is 7.20. The molecule has 4 heteroatoms. The van der Waals surface area contributed by atoms with Gasteiger partial charge >= 0.3 is 0 Å². The number of nitrogens with one attached hydrogen (secondary N) is 1. The Morgan fingerprint density at radius 1 is 1.53 bits per heavy atom. The molecule has 0 amide bonds. The minimum atomic E-state index is 0.474. The molecule has 3 nitrogen and oxygen atoms in total. The maximum atomic E-state index is 4.66.